The highest BCUT2D eigenvalue weighted by molar-refractivity contribution is 7.98. The molecule has 3 aromatic heterocycles. The number of pyridine rings is 1. The maximum absolute atomic E-state index is 12.9. The van der Waals surface area contributed by atoms with Crippen LogP contribution >= 0.6 is 46.7 Å². The Balaban J connectivity index is 0.000000204. The van der Waals surface area contributed by atoms with Crippen LogP contribution in [0.3, 0.4) is 0 Å². The van der Waals surface area contributed by atoms with Gasteiger partial charge in [0.1, 0.15) is 17.3 Å². The van der Waals surface area contributed by atoms with Crippen molar-refractivity contribution in [1.82, 2.24) is 24.5 Å². The minimum absolute atomic E-state index is 0. The summed E-state index contributed by atoms with van der Waals surface area (Å²) >= 11 is 15.6. The number of hydrogen-bond donors (Lipinski definition) is 1. The first-order chi connectivity index (χ1) is 21.9. The molecule has 13 heteroatoms. The van der Waals surface area contributed by atoms with E-state index in [1.165, 1.54) is 11.8 Å². The summed E-state index contributed by atoms with van der Waals surface area (Å²) in [5.74, 6) is 1.89. The van der Waals surface area contributed by atoms with Gasteiger partial charge in [0.05, 0.1) is 6.54 Å². The number of nitrogens with zero attached hydrogens (tertiary/aromatic N) is 7. The van der Waals surface area contributed by atoms with Gasteiger partial charge in [0, 0.05) is 75.3 Å². The molecule has 0 unspecified atom stereocenters. The topological polar surface area (TPSA) is 115 Å². The van der Waals surface area contributed by atoms with Gasteiger partial charge >= 0.3 is 0 Å². The number of halogens is 2. The molecule has 5 heterocycles. The summed E-state index contributed by atoms with van der Waals surface area (Å²) in [6, 6.07) is 16.9. The molecule has 9 nitrogen and oxygen atoms in total. The van der Waals surface area contributed by atoms with Crippen LogP contribution in [-0.2, 0) is 6.54 Å². The van der Waals surface area contributed by atoms with E-state index < -0.39 is 0 Å². The Hall–Kier alpha value is -3.74. The molecule has 2 aliphatic rings. The van der Waals surface area contributed by atoms with Crippen LogP contribution in [0.5, 0.6) is 0 Å². The first kappa shape index (κ1) is 36.1. The molecule has 0 radical (unpaired) electrons. The molecule has 0 saturated heterocycles. The maximum Gasteiger partial charge on any atom is 0.260 e. The van der Waals surface area contributed by atoms with Gasteiger partial charge in [0.2, 0.25) is 0 Å². The zero-order valence-corrected chi connectivity index (χ0v) is 27.6. The highest BCUT2D eigenvalue weighted by Gasteiger charge is 2.31. The molecule has 0 aliphatic carbocycles. The Morgan fingerprint density at radius 2 is 1.51 bits per heavy atom. The van der Waals surface area contributed by atoms with Gasteiger partial charge in [0.25, 0.3) is 5.56 Å². The number of nitrogens with two attached hydrogens (primary N) is 1. The average Bonchev–Trinajstić information content (AvgIpc) is 3.57. The lowest BCUT2D eigenvalue weighted by Gasteiger charge is -2.27. The van der Waals surface area contributed by atoms with Gasteiger partial charge < -0.3 is 10.6 Å². The van der Waals surface area contributed by atoms with Crippen molar-refractivity contribution in [2.24, 2.45) is 10.7 Å². The Bertz CT molecular complexity index is 2030. The number of aromatic nitrogens is 5. The largest absolute Gasteiger partial charge is 0.329 e. The minimum Gasteiger partial charge on any atom is -0.329 e. The number of hydrogen-bond acceptors (Lipinski definition) is 10. The van der Waals surface area contributed by atoms with Crippen LogP contribution in [0.1, 0.15) is 26.0 Å². The monoisotopic (exact) mass is 706 g/mol. The van der Waals surface area contributed by atoms with Gasteiger partial charge in [-0.2, -0.15) is 0 Å². The Kier molecular flexibility index (Phi) is 12.2. The molecule has 244 valence electrons. The fourth-order valence-electron chi connectivity index (χ4n) is 5.22. The Morgan fingerprint density at radius 1 is 0.872 bits per heavy atom. The van der Waals surface area contributed by atoms with E-state index in [4.69, 9.17) is 28.9 Å². The number of aliphatic imine (C=N–C) groups is 1. The first-order valence-corrected chi connectivity index (χ1v) is 17.2. The summed E-state index contributed by atoms with van der Waals surface area (Å²) in [7, 11) is 0. The van der Waals surface area contributed by atoms with E-state index >= 15 is 0 Å². The van der Waals surface area contributed by atoms with Crippen LogP contribution in [0.4, 0.5) is 5.82 Å². The molecule has 7 rings (SSSR count). The molecule has 0 fully saturated rings. The van der Waals surface area contributed by atoms with Crippen molar-refractivity contribution in [3.8, 4) is 11.1 Å². The third-order valence-electron chi connectivity index (χ3n) is 7.26. The Morgan fingerprint density at radius 3 is 2.17 bits per heavy atom. The lowest BCUT2D eigenvalue weighted by Crippen LogP contribution is -2.32. The summed E-state index contributed by atoms with van der Waals surface area (Å²) in [5.41, 5.74) is 10.4. The number of fused-ring (bicyclic) bond motifs is 4. The normalized spacial score (nSPS) is 12.9. The Labute approximate surface area is 293 Å². The molecule has 2 aromatic carbocycles. The second kappa shape index (κ2) is 15.9. The molecule has 0 spiro atoms. The summed E-state index contributed by atoms with van der Waals surface area (Å²) in [4.78, 5) is 37.5. The summed E-state index contributed by atoms with van der Waals surface area (Å²) in [6.45, 7) is 2.35. The summed E-state index contributed by atoms with van der Waals surface area (Å²) in [5, 5.41) is 3.44. The third kappa shape index (κ3) is 7.24. The molecule has 2 N–H and O–H groups in total. The van der Waals surface area contributed by atoms with E-state index in [0.29, 0.717) is 40.0 Å². The van der Waals surface area contributed by atoms with Crippen molar-refractivity contribution < 1.29 is 0 Å². The van der Waals surface area contributed by atoms with E-state index in [2.05, 4.69) is 35.9 Å². The molecule has 0 bridgehead atoms. The van der Waals surface area contributed by atoms with E-state index in [1.807, 2.05) is 61.2 Å². The summed E-state index contributed by atoms with van der Waals surface area (Å²) < 4.78 is 1.59. The quantitative estimate of drug-likeness (QED) is 0.140. The van der Waals surface area contributed by atoms with Crippen LogP contribution < -0.4 is 16.2 Å². The van der Waals surface area contributed by atoms with E-state index in [1.54, 1.807) is 34.7 Å². The average molecular weight is 708 g/mol. The predicted molar refractivity (Wildman–Crippen MR) is 201 cm³/mol. The van der Waals surface area contributed by atoms with Crippen molar-refractivity contribution in [2.75, 3.05) is 37.0 Å². The van der Waals surface area contributed by atoms with Crippen LogP contribution in [0.25, 0.3) is 33.8 Å². The lowest BCUT2D eigenvalue weighted by molar-refractivity contribution is 0.696. The zero-order chi connectivity index (χ0) is 31.5. The second-order valence-corrected chi connectivity index (χ2v) is 12.3. The van der Waals surface area contributed by atoms with Gasteiger partial charge in [-0.25, -0.2) is 19.9 Å². The highest BCUT2D eigenvalue weighted by Crippen LogP contribution is 2.37. The maximum atomic E-state index is 12.9. The predicted octanol–water partition coefficient (Wildman–Crippen LogP) is 7.69. The second-order valence-electron chi connectivity index (χ2n) is 9.95. The molecule has 47 heavy (non-hydrogen) atoms. The van der Waals surface area contributed by atoms with Crippen LogP contribution in [0.15, 0.2) is 87.1 Å². The first-order valence-electron chi connectivity index (χ1n) is 14.0. The van der Waals surface area contributed by atoms with Crippen LogP contribution in [-0.4, -0.2) is 62.5 Å². The van der Waals surface area contributed by atoms with Gasteiger partial charge in [-0.15, -0.1) is 0 Å². The molecule has 0 amide bonds. The van der Waals surface area contributed by atoms with Crippen molar-refractivity contribution in [2.45, 2.75) is 31.7 Å². The van der Waals surface area contributed by atoms with E-state index in [0.717, 1.165) is 57.0 Å². The van der Waals surface area contributed by atoms with Crippen LogP contribution in [0.2, 0.25) is 10.0 Å². The van der Waals surface area contributed by atoms with Gasteiger partial charge in [-0.1, -0.05) is 98.0 Å². The fourth-order valence-corrected chi connectivity index (χ4v) is 6.36. The number of amidine groups is 1. The lowest BCUT2D eigenvalue weighted by atomic mass is 9.99. The number of benzene rings is 2. The number of anilines is 1. The number of thioether (sulfide) groups is 2. The fraction of sp³-hybridized carbons (Fsp3) is 0.235. The molecular weight excluding hydrogens is 671 g/mol. The SMILES string of the molecule is C.C.CSc1ncc2c(n1)N1CCN=C1C(c1ccccc1Cl)=C2.CSc1ncc2cc(-c3ccccc3Cl)c(=O)n(CCN)c2n1. The van der Waals surface area contributed by atoms with Crippen molar-refractivity contribution in [3.63, 3.8) is 0 Å². The van der Waals surface area contributed by atoms with Crippen LogP contribution in [0, 0.1) is 0 Å². The minimum atomic E-state index is -0.151. The van der Waals surface area contributed by atoms with Gasteiger partial charge in [0.15, 0.2) is 10.3 Å². The molecule has 0 atom stereocenters. The molecule has 5 aromatic rings. The standard InChI is InChI=1S/C16H15ClN4OS.C16H13ClN4S.2CH4/c1-23-16-19-9-10-8-12(11-4-2-3-5-13(11)17)15(22)21(7-6-18)14(10)20-16;1-22-16-19-9-10-8-12(11-4-2-3-5-13(11)17)15-18-6-7-21(15)14(10)20-16;;/h2-5,8-9H,6-7,18H2,1H3;2-5,8-9H,6-7H2,1H3;2*1H4. The third-order valence-corrected chi connectivity index (χ3v) is 9.04. The van der Waals surface area contributed by atoms with Crippen molar-refractivity contribution >= 4 is 81.1 Å². The zero-order valence-electron chi connectivity index (χ0n) is 24.4. The van der Waals surface area contributed by atoms with Crippen molar-refractivity contribution in [1.29, 1.82) is 0 Å². The molecule has 2 aliphatic heterocycles. The molecule has 0 saturated carbocycles. The van der Waals surface area contributed by atoms with Crippen molar-refractivity contribution in [3.05, 3.63) is 98.5 Å². The smallest absolute Gasteiger partial charge is 0.260 e. The molecular formula is C34H36Cl2N8OS2. The van der Waals surface area contributed by atoms with E-state index in [-0.39, 0.29) is 20.4 Å². The van der Waals surface area contributed by atoms with E-state index in [9.17, 15) is 4.79 Å². The summed E-state index contributed by atoms with van der Waals surface area (Å²) in [6.07, 6.45) is 9.56. The van der Waals surface area contributed by atoms with Gasteiger partial charge in [-0.3, -0.25) is 14.4 Å². The number of rotatable bonds is 6. The van der Waals surface area contributed by atoms with Gasteiger partial charge in [-0.05, 0) is 36.8 Å². The highest BCUT2D eigenvalue weighted by atomic mass is 35.5.